The van der Waals surface area contributed by atoms with Crippen molar-refractivity contribution < 1.29 is 4.79 Å². The molecule has 0 radical (unpaired) electrons. The van der Waals surface area contributed by atoms with Crippen LogP contribution in [0.4, 0.5) is 0 Å². The van der Waals surface area contributed by atoms with Crippen molar-refractivity contribution in [3.63, 3.8) is 0 Å². The first-order chi connectivity index (χ1) is 11.1. The van der Waals surface area contributed by atoms with Crippen LogP contribution in [-0.2, 0) is 18.4 Å². The Balaban J connectivity index is 0.00000288. The van der Waals surface area contributed by atoms with E-state index in [0.29, 0.717) is 12.3 Å². The van der Waals surface area contributed by atoms with E-state index in [9.17, 15) is 4.79 Å². The second-order valence-electron chi connectivity index (χ2n) is 6.04. The van der Waals surface area contributed by atoms with Gasteiger partial charge >= 0.3 is 0 Å². The fraction of sp³-hybridized carbons (Fsp3) is 0.647. The number of rotatable bonds is 7. The molecule has 1 saturated heterocycles. The first-order valence-corrected chi connectivity index (χ1v) is 8.49. The van der Waals surface area contributed by atoms with Crippen molar-refractivity contribution in [1.29, 1.82) is 0 Å². The van der Waals surface area contributed by atoms with Gasteiger partial charge in [0.05, 0.1) is 6.54 Å². The van der Waals surface area contributed by atoms with E-state index in [4.69, 9.17) is 4.99 Å². The molecule has 0 atom stereocenters. The lowest BCUT2D eigenvalue weighted by Crippen LogP contribution is -2.39. The summed E-state index contributed by atoms with van der Waals surface area (Å²) < 4.78 is 2.12. The van der Waals surface area contributed by atoms with E-state index in [0.717, 1.165) is 51.5 Å². The lowest BCUT2D eigenvalue weighted by Gasteiger charge is -2.22. The molecule has 7 heteroatoms. The molecule has 6 nitrogen and oxygen atoms in total. The average molecular weight is 447 g/mol. The second-order valence-corrected chi connectivity index (χ2v) is 6.04. The molecule has 0 saturated carbocycles. The number of likely N-dealkylation sites (tertiary alicyclic amines) is 1. The summed E-state index contributed by atoms with van der Waals surface area (Å²) in [6.07, 6.45) is 4.69. The van der Waals surface area contributed by atoms with Crippen LogP contribution in [0, 0.1) is 0 Å². The number of aryl methyl sites for hydroxylation is 1. The van der Waals surface area contributed by atoms with Gasteiger partial charge in [-0.3, -0.25) is 9.79 Å². The first-order valence-electron chi connectivity index (χ1n) is 8.49. The van der Waals surface area contributed by atoms with Crippen molar-refractivity contribution >= 4 is 35.8 Å². The molecule has 1 aromatic rings. The van der Waals surface area contributed by atoms with E-state index in [2.05, 4.69) is 54.1 Å². The Labute approximate surface area is 162 Å². The Morgan fingerprint density at radius 3 is 2.83 bits per heavy atom. The smallest absolute Gasteiger partial charge is 0.222 e. The fourth-order valence-corrected chi connectivity index (χ4v) is 2.84. The van der Waals surface area contributed by atoms with Crippen LogP contribution >= 0.6 is 24.0 Å². The number of carbonyl (C=O) groups excluding carboxylic acids is 1. The Morgan fingerprint density at radius 2 is 2.25 bits per heavy atom. The second kappa shape index (κ2) is 10.6. The highest BCUT2D eigenvalue weighted by Crippen LogP contribution is 2.09. The summed E-state index contributed by atoms with van der Waals surface area (Å²) in [6, 6.07) is 4.18. The number of amides is 1. The molecular formula is C17H30IN5O. The minimum Gasteiger partial charge on any atom is -0.357 e. The highest BCUT2D eigenvalue weighted by Gasteiger charge is 2.18. The highest BCUT2D eigenvalue weighted by atomic mass is 127. The van der Waals surface area contributed by atoms with Crippen molar-refractivity contribution in [3.8, 4) is 0 Å². The number of nitrogens with one attached hydrogen (secondary N) is 1. The Morgan fingerprint density at radius 1 is 1.46 bits per heavy atom. The summed E-state index contributed by atoms with van der Waals surface area (Å²) in [5, 5.41) is 3.34. The Kier molecular flexibility index (Phi) is 9.17. The molecule has 0 bridgehead atoms. The third kappa shape index (κ3) is 5.99. The molecule has 2 rings (SSSR count). The van der Waals surface area contributed by atoms with Gasteiger partial charge < -0.3 is 19.7 Å². The molecule has 1 aliphatic heterocycles. The lowest BCUT2D eigenvalue weighted by atomic mass is 10.4. The quantitative estimate of drug-likeness (QED) is 0.301. The number of aliphatic imine (C=N–C) groups is 1. The van der Waals surface area contributed by atoms with Crippen LogP contribution in [0.2, 0.25) is 0 Å². The standard InChI is InChI=1S/C17H29N5O.HI/c1-4-18-17(21(3)14-15-8-5-11-20(15)2)19-10-7-13-22-12-6-9-16(22)23;/h5,8,11H,4,6-7,9-10,12-14H2,1-3H3,(H,18,19);1H. The zero-order chi connectivity index (χ0) is 16.7. The Hall–Kier alpha value is -1.25. The van der Waals surface area contributed by atoms with Gasteiger partial charge in [0.2, 0.25) is 5.91 Å². The van der Waals surface area contributed by atoms with Gasteiger partial charge in [-0.1, -0.05) is 0 Å². The van der Waals surface area contributed by atoms with Crippen molar-refractivity contribution in [1.82, 2.24) is 19.7 Å². The molecular weight excluding hydrogens is 417 g/mol. The monoisotopic (exact) mass is 447 g/mol. The van der Waals surface area contributed by atoms with Gasteiger partial charge in [0, 0.05) is 58.6 Å². The number of halogens is 1. The van der Waals surface area contributed by atoms with Crippen LogP contribution in [0.15, 0.2) is 23.3 Å². The minimum absolute atomic E-state index is 0. The van der Waals surface area contributed by atoms with E-state index in [-0.39, 0.29) is 24.0 Å². The maximum Gasteiger partial charge on any atom is 0.222 e. The van der Waals surface area contributed by atoms with E-state index in [1.807, 2.05) is 4.90 Å². The number of nitrogens with zero attached hydrogens (tertiary/aromatic N) is 4. The van der Waals surface area contributed by atoms with Gasteiger partial charge in [-0.05, 0) is 31.9 Å². The van der Waals surface area contributed by atoms with Crippen LogP contribution < -0.4 is 5.32 Å². The predicted molar refractivity (Wildman–Crippen MR) is 109 cm³/mol. The van der Waals surface area contributed by atoms with Crippen LogP contribution in [0.25, 0.3) is 0 Å². The molecule has 24 heavy (non-hydrogen) atoms. The van der Waals surface area contributed by atoms with Gasteiger partial charge in [-0.15, -0.1) is 24.0 Å². The number of hydrogen-bond donors (Lipinski definition) is 1. The summed E-state index contributed by atoms with van der Waals surface area (Å²) >= 11 is 0. The molecule has 136 valence electrons. The van der Waals surface area contributed by atoms with E-state index >= 15 is 0 Å². The van der Waals surface area contributed by atoms with E-state index in [1.54, 1.807) is 0 Å². The molecule has 2 heterocycles. The number of guanidine groups is 1. The minimum atomic E-state index is 0. The number of carbonyl (C=O) groups is 1. The molecule has 1 fully saturated rings. The summed E-state index contributed by atoms with van der Waals surface area (Å²) in [6.45, 7) is 6.22. The summed E-state index contributed by atoms with van der Waals surface area (Å²) in [5.74, 6) is 1.21. The van der Waals surface area contributed by atoms with Gasteiger partial charge in [0.1, 0.15) is 0 Å². The van der Waals surface area contributed by atoms with Crippen molar-refractivity contribution in [2.75, 3.05) is 33.2 Å². The van der Waals surface area contributed by atoms with Gasteiger partial charge in [-0.2, -0.15) is 0 Å². The first kappa shape index (κ1) is 20.8. The molecule has 0 unspecified atom stereocenters. The third-order valence-corrected chi connectivity index (χ3v) is 4.17. The SMILES string of the molecule is CCNC(=NCCCN1CCCC1=O)N(C)Cc1cccn1C.I. The fourth-order valence-electron chi connectivity index (χ4n) is 2.84. The van der Waals surface area contributed by atoms with E-state index in [1.165, 1.54) is 5.69 Å². The normalized spacial score (nSPS) is 14.7. The molecule has 1 aromatic heterocycles. The van der Waals surface area contributed by atoms with Crippen molar-refractivity contribution in [2.45, 2.75) is 32.7 Å². The van der Waals surface area contributed by atoms with Crippen LogP contribution in [-0.4, -0.2) is 59.5 Å². The molecule has 1 amide bonds. The summed E-state index contributed by atoms with van der Waals surface area (Å²) in [5.41, 5.74) is 1.25. The topological polar surface area (TPSA) is 52.9 Å². The molecule has 0 aliphatic carbocycles. The van der Waals surface area contributed by atoms with E-state index < -0.39 is 0 Å². The number of hydrogen-bond acceptors (Lipinski definition) is 2. The molecule has 0 aromatic carbocycles. The van der Waals surface area contributed by atoms with Crippen molar-refractivity contribution in [3.05, 3.63) is 24.0 Å². The van der Waals surface area contributed by atoms with Crippen LogP contribution in [0.3, 0.4) is 0 Å². The summed E-state index contributed by atoms with van der Waals surface area (Å²) in [7, 11) is 4.11. The van der Waals surface area contributed by atoms with Crippen LogP contribution in [0.1, 0.15) is 31.9 Å². The third-order valence-electron chi connectivity index (χ3n) is 4.17. The largest absolute Gasteiger partial charge is 0.357 e. The molecule has 1 N–H and O–H groups in total. The summed E-state index contributed by atoms with van der Waals surface area (Å²) in [4.78, 5) is 20.4. The predicted octanol–water partition coefficient (Wildman–Crippen LogP) is 2.05. The van der Waals surface area contributed by atoms with Crippen LogP contribution in [0.5, 0.6) is 0 Å². The molecule has 0 spiro atoms. The zero-order valence-corrected chi connectivity index (χ0v) is 17.3. The van der Waals surface area contributed by atoms with Crippen molar-refractivity contribution in [2.24, 2.45) is 12.0 Å². The lowest BCUT2D eigenvalue weighted by molar-refractivity contribution is -0.127. The molecule has 1 aliphatic rings. The maximum atomic E-state index is 11.6. The maximum absolute atomic E-state index is 11.6. The average Bonchev–Trinajstić information content (AvgIpc) is 3.11. The van der Waals surface area contributed by atoms with Gasteiger partial charge in [0.15, 0.2) is 5.96 Å². The van der Waals surface area contributed by atoms with Gasteiger partial charge in [0.25, 0.3) is 0 Å². The number of aromatic nitrogens is 1. The van der Waals surface area contributed by atoms with Gasteiger partial charge in [-0.25, -0.2) is 0 Å². The highest BCUT2D eigenvalue weighted by molar-refractivity contribution is 14.0. The Bertz CT molecular complexity index is 543. The zero-order valence-electron chi connectivity index (χ0n) is 15.0.